The molecule has 3 nitrogen and oxygen atoms in total. The summed E-state index contributed by atoms with van der Waals surface area (Å²) in [6.45, 7) is 3.91. The van der Waals surface area contributed by atoms with E-state index in [2.05, 4.69) is 65.3 Å². The fourth-order valence-electron chi connectivity index (χ4n) is 3.60. The van der Waals surface area contributed by atoms with Gasteiger partial charge < -0.3 is 9.80 Å². The van der Waals surface area contributed by atoms with Crippen LogP contribution in [0.15, 0.2) is 48.5 Å². The van der Waals surface area contributed by atoms with Crippen molar-refractivity contribution in [2.24, 2.45) is 0 Å². The van der Waals surface area contributed by atoms with Crippen LogP contribution in [0.2, 0.25) is 0 Å². The molecule has 2 aliphatic rings. The fourth-order valence-corrected chi connectivity index (χ4v) is 3.60. The molecule has 0 amide bonds. The molecule has 1 atom stereocenters. The van der Waals surface area contributed by atoms with Crippen molar-refractivity contribution in [1.82, 2.24) is 4.90 Å². The summed E-state index contributed by atoms with van der Waals surface area (Å²) in [7, 11) is 0. The van der Waals surface area contributed by atoms with Crippen LogP contribution in [0, 0.1) is 5.41 Å². The number of nitrogens with one attached hydrogen (secondary N) is 1. The van der Waals surface area contributed by atoms with Crippen molar-refractivity contribution in [3.05, 3.63) is 65.2 Å². The van der Waals surface area contributed by atoms with E-state index in [0.717, 1.165) is 19.5 Å². The van der Waals surface area contributed by atoms with Crippen LogP contribution in [-0.4, -0.2) is 23.9 Å². The van der Waals surface area contributed by atoms with E-state index in [1.54, 1.807) is 0 Å². The predicted octanol–water partition coefficient (Wildman–Crippen LogP) is 3.99. The van der Waals surface area contributed by atoms with E-state index in [1.807, 2.05) is 0 Å². The van der Waals surface area contributed by atoms with Crippen LogP contribution in [0.3, 0.4) is 0 Å². The molecule has 0 bridgehead atoms. The minimum atomic E-state index is 0. The summed E-state index contributed by atoms with van der Waals surface area (Å²) in [6, 6.07) is 17.5. The van der Waals surface area contributed by atoms with Crippen molar-refractivity contribution < 1.29 is 0 Å². The number of rotatable bonds is 1. The summed E-state index contributed by atoms with van der Waals surface area (Å²) >= 11 is 0. The highest BCUT2D eigenvalue weighted by molar-refractivity contribution is 8.93. The summed E-state index contributed by atoms with van der Waals surface area (Å²) in [5.41, 5.74) is 5.27. The maximum Gasteiger partial charge on any atom is 0.199 e. The number of fused-ring (bicyclic) bond motifs is 5. The lowest BCUT2D eigenvalue weighted by atomic mass is 9.97. The zero-order valence-electron chi connectivity index (χ0n) is 12.6. The second-order valence-corrected chi connectivity index (χ2v) is 5.75. The van der Waals surface area contributed by atoms with Gasteiger partial charge >= 0.3 is 0 Å². The number of hydrogen-bond acceptors (Lipinski definition) is 1. The van der Waals surface area contributed by atoms with Gasteiger partial charge in [-0.3, -0.25) is 5.41 Å². The standard InChI is InChI=1S/C18H19N3.BrH/c1-2-20-12-17-15-9-5-3-7-13(15)11-14-8-4-6-10-16(14)21(17)18(20)19;/h3-10,17,19H,2,11-12H2,1H3;1H. The van der Waals surface area contributed by atoms with E-state index in [-0.39, 0.29) is 23.0 Å². The first-order valence-corrected chi connectivity index (χ1v) is 7.58. The second-order valence-electron chi connectivity index (χ2n) is 5.75. The largest absolute Gasteiger partial charge is 0.341 e. The lowest BCUT2D eigenvalue weighted by Gasteiger charge is -2.25. The van der Waals surface area contributed by atoms with Crippen molar-refractivity contribution >= 4 is 28.6 Å². The molecule has 4 heteroatoms. The minimum absolute atomic E-state index is 0. The van der Waals surface area contributed by atoms with Gasteiger partial charge in [0.15, 0.2) is 5.96 Å². The average molecular weight is 358 g/mol. The number of nitrogens with zero attached hydrogens (tertiary/aromatic N) is 2. The smallest absolute Gasteiger partial charge is 0.199 e. The van der Waals surface area contributed by atoms with Crippen LogP contribution < -0.4 is 4.90 Å². The number of para-hydroxylation sites is 1. The van der Waals surface area contributed by atoms with Crippen LogP contribution in [0.4, 0.5) is 5.69 Å². The summed E-state index contributed by atoms with van der Waals surface area (Å²) in [5.74, 6) is 0.631. The Morgan fingerprint density at radius 2 is 1.73 bits per heavy atom. The molecule has 0 spiro atoms. The maximum atomic E-state index is 8.55. The number of likely N-dealkylation sites (N-methyl/N-ethyl adjacent to an activating group) is 1. The van der Waals surface area contributed by atoms with E-state index in [0.29, 0.717) is 5.96 Å². The molecule has 1 N–H and O–H groups in total. The molecule has 1 saturated heterocycles. The normalized spacial score (nSPS) is 19.0. The van der Waals surface area contributed by atoms with E-state index >= 15 is 0 Å². The van der Waals surface area contributed by atoms with Gasteiger partial charge in [0.05, 0.1) is 6.04 Å². The number of halogens is 1. The monoisotopic (exact) mass is 357 g/mol. The lowest BCUT2D eigenvalue weighted by molar-refractivity contribution is 0.456. The first-order chi connectivity index (χ1) is 10.3. The molecular formula is C18H20BrN3. The summed E-state index contributed by atoms with van der Waals surface area (Å²) in [6.07, 6.45) is 0.957. The highest BCUT2D eigenvalue weighted by Crippen LogP contribution is 2.41. The predicted molar refractivity (Wildman–Crippen MR) is 96.2 cm³/mol. The first kappa shape index (κ1) is 15.1. The molecule has 114 valence electrons. The van der Waals surface area contributed by atoms with Crippen LogP contribution >= 0.6 is 17.0 Å². The lowest BCUT2D eigenvalue weighted by Crippen LogP contribution is -2.33. The molecular weight excluding hydrogens is 338 g/mol. The third-order valence-electron chi connectivity index (χ3n) is 4.66. The van der Waals surface area contributed by atoms with Crippen molar-refractivity contribution in [1.29, 1.82) is 5.41 Å². The van der Waals surface area contributed by atoms with Gasteiger partial charge in [0.25, 0.3) is 0 Å². The maximum absolute atomic E-state index is 8.55. The SMILES string of the molecule is Br.CCN1CC2c3ccccc3Cc3ccccc3N2C1=N. The van der Waals surface area contributed by atoms with Gasteiger partial charge in [-0.25, -0.2) is 0 Å². The quantitative estimate of drug-likeness (QED) is 0.836. The highest BCUT2D eigenvalue weighted by atomic mass is 79.9. The summed E-state index contributed by atoms with van der Waals surface area (Å²) in [4.78, 5) is 4.37. The Kier molecular flexibility index (Phi) is 3.96. The molecule has 2 aliphatic heterocycles. The van der Waals surface area contributed by atoms with Crippen molar-refractivity contribution in [3.63, 3.8) is 0 Å². The molecule has 2 heterocycles. The van der Waals surface area contributed by atoms with Gasteiger partial charge in [-0.05, 0) is 36.1 Å². The van der Waals surface area contributed by atoms with Gasteiger partial charge in [0, 0.05) is 18.8 Å². The van der Waals surface area contributed by atoms with E-state index in [1.165, 1.54) is 22.4 Å². The Morgan fingerprint density at radius 1 is 1.05 bits per heavy atom. The topological polar surface area (TPSA) is 30.3 Å². The Bertz CT molecular complexity index is 713. The van der Waals surface area contributed by atoms with Crippen molar-refractivity contribution in [3.8, 4) is 0 Å². The van der Waals surface area contributed by atoms with E-state index in [4.69, 9.17) is 5.41 Å². The van der Waals surface area contributed by atoms with Gasteiger partial charge in [-0.15, -0.1) is 17.0 Å². The third kappa shape index (κ3) is 2.13. The van der Waals surface area contributed by atoms with E-state index in [9.17, 15) is 0 Å². The molecule has 1 fully saturated rings. The summed E-state index contributed by atoms with van der Waals surface area (Å²) < 4.78 is 0. The second kappa shape index (κ2) is 5.76. The Morgan fingerprint density at radius 3 is 2.50 bits per heavy atom. The Hall–Kier alpha value is -1.81. The minimum Gasteiger partial charge on any atom is -0.341 e. The summed E-state index contributed by atoms with van der Waals surface area (Å²) in [5, 5.41) is 8.55. The van der Waals surface area contributed by atoms with Crippen molar-refractivity contribution in [2.45, 2.75) is 19.4 Å². The molecule has 0 saturated carbocycles. The highest BCUT2D eigenvalue weighted by Gasteiger charge is 2.39. The number of guanidine groups is 1. The zero-order chi connectivity index (χ0) is 14.4. The number of anilines is 1. The fraction of sp³-hybridized carbons (Fsp3) is 0.278. The van der Waals surface area contributed by atoms with Crippen LogP contribution in [0.25, 0.3) is 0 Å². The van der Waals surface area contributed by atoms with Crippen LogP contribution in [0.1, 0.15) is 29.7 Å². The molecule has 2 aromatic rings. The van der Waals surface area contributed by atoms with Crippen LogP contribution in [0.5, 0.6) is 0 Å². The average Bonchev–Trinajstić information content (AvgIpc) is 2.77. The molecule has 2 aromatic carbocycles. The molecule has 0 aliphatic carbocycles. The van der Waals surface area contributed by atoms with Gasteiger partial charge in [-0.1, -0.05) is 42.5 Å². The van der Waals surface area contributed by atoms with Gasteiger partial charge in [0.2, 0.25) is 0 Å². The molecule has 4 rings (SSSR count). The molecule has 22 heavy (non-hydrogen) atoms. The Labute approximate surface area is 141 Å². The third-order valence-corrected chi connectivity index (χ3v) is 4.66. The molecule has 0 radical (unpaired) electrons. The molecule has 1 unspecified atom stereocenters. The van der Waals surface area contributed by atoms with E-state index < -0.39 is 0 Å². The van der Waals surface area contributed by atoms with Gasteiger partial charge in [0.1, 0.15) is 0 Å². The van der Waals surface area contributed by atoms with Crippen LogP contribution in [-0.2, 0) is 6.42 Å². The molecule has 0 aromatic heterocycles. The zero-order valence-corrected chi connectivity index (χ0v) is 14.3. The Balaban J connectivity index is 0.00000144. The first-order valence-electron chi connectivity index (χ1n) is 7.58. The van der Waals surface area contributed by atoms with Gasteiger partial charge in [-0.2, -0.15) is 0 Å². The number of benzene rings is 2. The number of hydrogen-bond donors (Lipinski definition) is 1. The van der Waals surface area contributed by atoms with Crippen molar-refractivity contribution in [2.75, 3.05) is 18.0 Å².